The summed E-state index contributed by atoms with van der Waals surface area (Å²) in [5.41, 5.74) is 0.768. The Kier molecular flexibility index (Phi) is 5.17. The van der Waals surface area contributed by atoms with Crippen molar-refractivity contribution in [3.63, 3.8) is 0 Å². The normalized spacial score (nSPS) is 13.5. The van der Waals surface area contributed by atoms with Crippen LogP contribution >= 0.6 is 0 Å². The van der Waals surface area contributed by atoms with E-state index in [9.17, 15) is 8.42 Å². The second-order valence-electron chi connectivity index (χ2n) is 5.09. The van der Waals surface area contributed by atoms with Crippen LogP contribution in [0.4, 0.5) is 0 Å². The molecule has 1 aromatic heterocycles. The van der Waals surface area contributed by atoms with Gasteiger partial charge in [-0.2, -0.15) is 0 Å². The number of likely N-dealkylation sites (N-methyl/N-ethyl adjacent to an activating group) is 1. The van der Waals surface area contributed by atoms with Crippen molar-refractivity contribution in [3.05, 3.63) is 60.1 Å². The number of sulfonamides is 1. The Balaban J connectivity index is 2.00. The fourth-order valence-corrected chi connectivity index (χ4v) is 3.21. The Morgan fingerprint density at radius 3 is 2.43 bits per heavy atom. The smallest absolute Gasteiger partial charge is 0.215 e. The maximum atomic E-state index is 12.1. The zero-order chi connectivity index (χ0) is 15.3. The molecule has 21 heavy (non-hydrogen) atoms. The Bertz CT molecular complexity index is 637. The van der Waals surface area contributed by atoms with Crippen LogP contribution in [0.3, 0.4) is 0 Å². The van der Waals surface area contributed by atoms with E-state index >= 15 is 0 Å². The van der Waals surface area contributed by atoms with Crippen molar-refractivity contribution in [2.24, 2.45) is 0 Å². The lowest BCUT2D eigenvalue weighted by molar-refractivity contribution is 0.259. The molecule has 1 unspecified atom stereocenters. The molecule has 0 saturated carbocycles. The molecule has 0 fully saturated rings. The molecule has 6 heteroatoms. The number of benzene rings is 1. The van der Waals surface area contributed by atoms with Crippen molar-refractivity contribution in [3.8, 4) is 0 Å². The van der Waals surface area contributed by atoms with E-state index in [4.69, 9.17) is 4.42 Å². The van der Waals surface area contributed by atoms with Gasteiger partial charge in [-0.15, -0.1) is 0 Å². The van der Waals surface area contributed by atoms with Gasteiger partial charge in [0.15, 0.2) is 0 Å². The first-order chi connectivity index (χ1) is 9.98. The highest BCUT2D eigenvalue weighted by Gasteiger charge is 2.20. The summed E-state index contributed by atoms with van der Waals surface area (Å²) in [5, 5.41) is 0. The fraction of sp³-hybridized carbons (Fsp3) is 0.333. The predicted molar refractivity (Wildman–Crippen MR) is 82.2 cm³/mol. The Hall–Kier alpha value is -1.63. The van der Waals surface area contributed by atoms with E-state index in [0.29, 0.717) is 0 Å². The summed E-state index contributed by atoms with van der Waals surface area (Å²) in [6.07, 6.45) is 1.59. The van der Waals surface area contributed by atoms with Crippen LogP contribution in [-0.2, 0) is 15.8 Å². The van der Waals surface area contributed by atoms with Crippen molar-refractivity contribution < 1.29 is 12.8 Å². The molecule has 0 aliphatic carbocycles. The molecule has 0 bridgehead atoms. The molecule has 0 radical (unpaired) electrons. The number of rotatable bonds is 7. The van der Waals surface area contributed by atoms with Gasteiger partial charge in [-0.3, -0.25) is 4.90 Å². The third-order valence-corrected chi connectivity index (χ3v) is 4.51. The summed E-state index contributed by atoms with van der Waals surface area (Å²) >= 11 is 0. The molecule has 0 spiro atoms. The molecule has 5 nitrogen and oxygen atoms in total. The van der Waals surface area contributed by atoms with Gasteiger partial charge in [-0.1, -0.05) is 30.3 Å². The largest absolute Gasteiger partial charge is 0.468 e. The summed E-state index contributed by atoms with van der Waals surface area (Å²) in [4.78, 5) is 1.92. The quantitative estimate of drug-likeness (QED) is 0.850. The highest BCUT2D eigenvalue weighted by Crippen LogP contribution is 2.18. The SMILES string of the molecule is CN(C)C(CNS(=O)(=O)Cc1ccccc1)c1ccco1. The van der Waals surface area contributed by atoms with Gasteiger partial charge in [-0.05, 0) is 31.8 Å². The Labute approximate surface area is 125 Å². The van der Waals surface area contributed by atoms with E-state index in [1.165, 1.54) is 0 Å². The van der Waals surface area contributed by atoms with Crippen molar-refractivity contribution in [2.45, 2.75) is 11.8 Å². The summed E-state index contributed by atoms with van der Waals surface area (Å²) in [7, 11) is 0.403. The molecule has 2 aromatic rings. The maximum Gasteiger partial charge on any atom is 0.215 e. The molecule has 114 valence electrons. The molecule has 1 N–H and O–H groups in total. The highest BCUT2D eigenvalue weighted by molar-refractivity contribution is 7.88. The molecule has 1 aromatic carbocycles. The third kappa shape index (κ3) is 4.70. The van der Waals surface area contributed by atoms with Gasteiger partial charge in [-0.25, -0.2) is 13.1 Å². The molecule has 0 saturated heterocycles. The minimum atomic E-state index is -3.37. The second-order valence-corrected chi connectivity index (χ2v) is 6.89. The Morgan fingerprint density at radius 1 is 1.14 bits per heavy atom. The zero-order valence-electron chi connectivity index (χ0n) is 12.2. The molecule has 0 aliphatic rings. The van der Waals surface area contributed by atoms with E-state index in [1.807, 2.05) is 43.3 Å². The lowest BCUT2D eigenvalue weighted by atomic mass is 10.2. The van der Waals surface area contributed by atoms with Gasteiger partial charge < -0.3 is 4.42 Å². The van der Waals surface area contributed by atoms with E-state index in [2.05, 4.69) is 4.72 Å². The summed E-state index contributed by atoms with van der Waals surface area (Å²) in [6, 6.07) is 12.6. The van der Waals surface area contributed by atoms with Gasteiger partial charge in [0.1, 0.15) is 5.76 Å². The van der Waals surface area contributed by atoms with Crippen molar-refractivity contribution in [1.29, 1.82) is 0 Å². The first kappa shape index (κ1) is 15.8. The lowest BCUT2D eigenvalue weighted by Gasteiger charge is -2.22. The highest BCUT2D eigenvalue weighted by atomic mass is 32.2. The average molecular weight is 308 g/mol. The van der Waals surface area contributed by atoms with Gasteiger partial charge in [0.05, 0.1) is 18.1 Å². The van der Waals surface area contributed by atoms with Crippen LogP contribution in [-0.4, -0.2) is 34.0 Å². The summed E-state index contributed by atoms with van der Waals surface area (Å²) < 4.78 is 32.3. The molecular weight excluding hydrogens is 288 g/mol. The first-order valence-electron chi connectivity index (χ1n) is 6.69. The van der Waals surface area contributed by atoms with Crippen LogP contribution in [0.25, 0.3) is 0 Å². The van der Waals surface area contributed by atoms with Crippen LogP contribution in [0, 0.1) is 0 Å². The van der Waals surface area contributed by atoms with Crippen LogP contribution in [0.2, 0.25) is 0 Å². The molecular formula is C15H20N2O3S. The molecule has 0 amide bonds. The number of nitrogens with one attached hydrogen (secondary N) is 1. The minimum Gasteiger partial charge on any atom is -0.468 e. The number of furan rings is 1. The van der Waals surface area contributed by atoms with Gasteiger partial charge >= 0.3 is 0 Å². The lowest BCUT2D eigenvalue weighted by Crippen LogP contribution is -2.35. The first-order valence-corrected chi connectivity index (χ1v) is 8.34. The maximum absolute atomic E-state index is 12.1. The summed E-state index contributed by atoms with van der Waals surface area (Å²) in [5.74, 6) is 0.717. The van der Waals surface area contributed by atoms with E-state index in [0.717, 1.165) is 11.3 Å². The van der Waals surface area contributed by atoms with E-state index in [1.54, 1.807) is 24.5 Å². The van der Waals surface area contributed by atoms with E-state index in [-0.39, 0.29) is 18.3 Å². The van der Waals surface area contributed by atoms with Crippen LogP contribution in [0.15, 0.2) is 53.1 Å². The van der Waals surface area contributed by atoms with Crippen molar-refractivity contribution >= 4 is 10.0 Å². The standard InChI is InChI=1S/C15H20N2O3S/c1-17(2)14(15-9-6-10-20-15)11-16-21(18,19)12-13-7-4-3-5-8-13/h3-10,14,16H,11-12H2,1-2H3. The van der Waals surface area contributed by atoms with Crippen LogP contribution < -0.4 is 4.72 Å². The topological polar surface area (TPSA) is 62.6 Å². The van der Waals surface area contributed by atoms with Gasteiger partial charge in [0.2, 0.25) is 10.0 Å². The Morgan fingerprint density at radius 2 is 1.86 bits per heavy atom. The third-order valence-electron chi connectivity index (χ3n) is 3.19. The minimum absolute atomic E-state index is 0.0217. The van der Waals surface area contributed by atoms with Crippen LogP contribution in [0.1, 0.15) is 17.4 Å². The number of hydrogen-bond donors (Lipinski definition) is 1. The predicted octanol–water partition coefficient (Wildman–Crippen LogP) is 2.00. The van der Waals surface area contributed by atoms with E-state index < -0.39 is 10.0 Å². The zero-order valence-corrected chi connectivity index (χ0v) is 13.0. The summed E-state index contributed by atoms with van der Waals surface area (Å²) in [6.45, 7) is 0.273. The van der Waals surface area contributed by atoms with Gasteiger partial charge in [0.25, 0.3) is 0 Å². The second kappa shape index (κ2) is 6.89. The fourth-order valence-electron chi connectivity index (χ4n) is 2.07. The van der Waals surface area contributed by atoms with Gasteiger partial charge in [0, 0.05) is 6.54 Å². The van der Waals surface area contributed by atoms with Crippen LogP contribution in [0.5, 0.6) is 0 Å². The number of hydrogen-bond acceptors (Lipinski definition) is 4. The van der Waals surface area contributed by atoms with Crippen molar-refractivity contribution in [2.75, 3.05) is 20.6 Å². The molecule has 2 rings (SSSR count). The van der Waals surface area contributed by atoms with Crippen molar-refractivity contribution in [1.82, 2.24) is 9.62 Å². The molecule has 1 atom stereocenters. The molecule has 1 heterocycles. The molecule has 0 aliphatic heterocycles. The monoisotopic (exact) mass is 308 g/mol. The number of nitrogens with zero attached hydrogens (tertiary/aromatic N) is 1. The average Bonchev–Trinajstić information content (AvgIpc) is 2.93.